The van der Waals surface area contributed by atoms with E-state index in [4.69, 9.17) is 14.2 Å². The van der Waals surface area contributed by atoms with Gasteiger partial charge in [0, 0.05) is 34.5 Å². The molecule has 230 valence electrons. The number of nitro benzene ring substituents is 1. The molecule has 0 fully saturated rings. The van der Waals surface area contributed by atoms with Crippen LogP contribution in [0.4, 0.5) is 11.4 Å². The fourth-order valence-electron chi connectivity index (χ4n) is 4.10. The number of hydrogen-bond donors (Lipinski definition) is 2. The number of nitro groups is 1. The lowest BCUT2D eigenvalue weighted by Gasteiger charge is -2.12. The molecule has 12 heteroatoms. The summed E-state index contributed by atoms with van der Waals surface area (Å²) in [5.41, 5.74) is 4.50. The van der Waals surface area contributed by atoms with Crippen LogP contribution in [0, 0.1) is 17.0 Å². The van der Waals surface area contributed by atoms with Crippen molar-refractivity contribution in [3.8, 4) is 17.2 Å². The smallest absolute Gasteiger partial charge is 0.343 e. The van der Waals surface area contributed by atoms with Gasteiger partial charge in [-0.2, -0.15) is 5.10 Å². The molecule has 0 aliphatic rings. The highest BCUT2D eigenvalue weighted by Gasteiger charge is 2.17. The van der Waals surface area contributed by atoms with Crippen molar-refractivity contribution < 1.29 is 33.5 Å². The summed E-state index contributed by atoms with van der Waals surface area (Å²) in [6, 6.07) is 21.5. The van der Waals surface area contributed by atoms with Gasteiger partial charge in [0.25, 0.3) is 17.5 Å². The predicted molar refractivity (Wildman–Crippen MR) is 167 cm³/mol. The van der Waals surface area contributed by atoms with Crippen molar-refractivity contribution in [2.24, 2.45) is 5.10 Å². The van der Waals surface area contributed by atoms with Gasteiger partial charge in [-0.1, -0.05) is 17.7 Å². The highest BCUT2D eigenvalue weighted by Crippen LogP contribution is 2.30. The molecule has 4 aromatic rings. The van der Waals surface area contributed by atoms with Crippen LogP contribution in [0.1, 0.15) is 56.0 Å². The summed E-state index contributed by atoms with van der Waals surface area (Å²) in [7, 11) is 0. The number of benzene rings is 4. The van der Waals surface area contributed by atoms with Gasteiger partial charge in [-0.25, -0.2) is 10.2 Å². The van der Waals surface area contributed by atoms with E-state index in [2.05, 4.69) is 15.8 Å². The minimum Gasteiger partial charge on any atom is -0.490 e. The van der Waals surface area contributed by atoms with Gasteiger partial charge in [0.15, 0.2) is 11.5 Å². The van der Waals surface area contributed by atoms with Crippen molar-refractivity contribution in [2.75, 3.05) is 18.5 Å². The quantitative estimate of drug-likeness (QED) is 0.0656. The number of rotatable bonds is 12. The van der Waals surface area contributed by atoms with Gasteiger partial charge in [-0.05, 0) is 81.4 Å². The minimum absolute atomic E-state index is 0.0239. The van der Waals surface area contributed by atoms with Gasteiger partial charge < -0.3 is 19.5 Å². The molecule has 0 aliphatic carbocycles. The summed E-state index contributed by atoms with van der Waals surface area (Å²) in [4.78, 5) is 48.9. The van der Waals surface area contributed by atoms with E-state index in [1.165, 1.54) is 36.4 Å². The molecule has 0 radical (unpaired) electrons. The van der Waals surface area contributed by atoms with Crippen molar-refractivity contribution in [3.63, 3.8) is 0 Å². The lowest BCUT2D eigenvalue weighted by atomic mass is 10.1. The normalized spacial score (nSPS) is 10.6. The van der Waals surface area contributed by atoms with Crippen LogP contribution in [0.15, 0.2) is 90.0 Å². The van der Waals surface area contributed by atoms with Crippen molar-refractivity contribution in [2.45, 2.75) is 20.8 Å². The maximum absolute atomic E-state index is 13.0. The monoisotopic (exact) mass is 610 g/mol. The van der Waals surface area contributed by atoms with Gasteiger partial charge in [0.05, 0.1) is 29.9 Å². The molecule has 2 amide bonds. The van der Waals surface area contributed by atoms with Crippen molar-refractivity contribution in [3.05, 3.63) is 123 Å². The molecule has 4 aromatic carbocycles. The van der Waals surface area contributed by atoms with Gasteiger partial charge in [-0.3, -0.25) is 19.7 Å². The summed E-state index contributed by atoms with van der Waals surface area (Å²) in [5, 5.41) is 18.1. The Morgan fingerprint density at radius 2 is 1.49 bits per heavy atom. The second-order valence-corrected chi connectivity index (χ2v) is 9.50. The Hall–Kier alpha value is -6.04. The third kappa shape index (κ3) is 8.51. The zero-order valence-corrected chi connectivity index (χ0v) is 24.7. The Morgan fingerprint density at radius 3 is 2.18 bits per heavy atom. The Labute approximate surface area is 258 Å². The molecule has 0 saturated carbocycles. The van der Waals surface area contributed by atoms with Crippen LogP contribution in [-0.2, 0) is 0 Å². The number of esters is 1. The van der Waals surface area contributed by atoms with Crippen molar-refractivity contribution in [1.29, 1.82) is 0 Å². The van der Waals surface area contributed by atoms with Crippen LogP contribution < -0.4 is 25.0 Å². The standard InChI is InChI=1S/C33H30N4O8/c1-4-43-29-15-11-24(19-30(29)44-5-2)33(40)45-28-16-14-27(37(41)42)18-25(28)20-34-36-32(39)22-9-12-26(13-10-22)35-31(38)23-8-6-7-21(3)17-23/h6-20H,4-5H2,1-3H3,(H,35,38)(H,36,39)/b34-20+. The van der Waals surface area contributed by atoms with Crippen LogP contribution in [-0.4, -0.2) is 42.1 Å². The second-order valence-electron chi connectivity index (χ2n) is 9.50. The molecule has 45 heavy (non-hydrogen) atoms. The van der Waals surface area contributed by atoms with E-state index >= 15 is 0 Å². The summed E-state index contributed by atoms with van der Waals surface area (Å²) >= 11 is 0. The van der Waals surface area contributed by atoms with Crippen LogP contribution in [0.25, 0.3) is 0 Å². The number of nitrogens with zero attached hydrogens (tertiary/aromatic N) is 2. The first-order valence-corrected chi connectivity index (χ1v) is 13.9. The molecular formula is C33H30N4O8. The first-order valence-electron chi connectivity index (χ1n) is 13.9. The van der Waals surface area contributed by atoms with Gasteiger partial charge in [0.2, 0.25) is 0 Å². The van der Waals surface area contributed by atoms with E-state index in [0.29, 0.717) is 36.0 Å². The Morgan fingerprint density at radius 1 is 0.800 bits per heavy atom. The third-order valence-corrected chi connectivity index (χ3v) is 6.24. The lowest BCUT2D eigenvalue weighted by molar-refractivity contribution is -0.384. The maximum atomic E-state index is 13.0. The van der Waals surface area contributed by atoms with E-state index in [1.54, 1.807) is 43.3 Å². The first-order chi connectivity index (χ1) is 21.7. The van der Waals surface area contributed by atoms with E-state index in [9.17, 15) is 24.5 Å². The second kappa shape index (κ2) is 14.9. The fraction of sp³-hybridized carbons (Fsp3) is 0.152. The average Bonchev–Trinajstić information content (AvgIpc) is 3.03. The van der Waals surface area contributed by atoms with Gasteiger partial charge >= 0.3 is 5.97 Å². The number of anilines is 1. The number of hydrazone groups is 1. The number of hydrogen-bond acceptors (Lipinski definition) is 9. The molecule has 0 bridgehead atoms. The number of amides is 2. The molecule has 2 N–H and O–H groups in total. The average molecular weight is 611 g/mol. The van der Waals surface area contributed by atoms with Crippen molar-refractivity contribution >= 4 is 35.4 Å². The lowest BCUT2D eigenvalue weighted by Crippen LogP contribution is -2.18. The zero-order chi connectivity index (χ0) is 32.3. The van der Waals surface area contributed by atoms with Crippen LogP contribution in [0.5, 0.6) is 17.2 Å². The van der Waals surface area contributed by atoms with E-state index < -0.39 is 16.8 Å². The molecule has 0 unspecified atom stereocenters. The van der Waals surface area contributed by atoms with Gasteiger partial charge in [0.1, 0.15) is 5.75 Å². The SMILES string of the molecule is CCOc1ccc(C(=O)Oc2ccc([N+](=O)[O-])cc2/C=N/NC(=O)c2ccc(NC(=O)c3cccc(C)c3)cc2)cc1OCC. The third-order valence-electron chi connectivity index (χ3n) is 6.24. The number of non-ortho nitro benzene ring substituents is 1. The minimum atomic E-state index is -0.749. The summed E-state index contributed by atoms with van der Waals surface area (Å²) in [6.07, 6.45) is 1.13. The van der Waals surface area contributed by atoms with E-state index in [0.717, 1.165) is 17.8 Å². The van der Waals surface area contributed by atoms with E-state index in [1.807, 2.05) is 19.9 Å². The number of carbonyl (C=O) groups excluding carboxylic acids is 3. The number of aryl methyl sites for hydroxylation is 1. The fourth-order valence-corrected chi connectivity index (χ4v) is 4.10. The summed E-state index contributed by atoms with van der Waals surface area (Å²) in [5.74, 6) is -0.804. The molecule has 12 nitrogen and oxygen atoms in total. The number of ether oxygens (including phenoxy) is 3. The maximum Gasteiger partial charge on any atom is 0.343 e. The summed E-state index contributed by atoms with van der Waals surface area (Å²) in [6.45, 7) is 6.26. The highest BCUT2D eigenvalue weighted by atomic mass is 16.6. The van der Waals surface area contributed by atoms with Crippen molar-refractivity contribution in [1.82, 2.24) is 5.43 Å². The van der Waals surface area contributed by atoms with Crippen LogP contribution in [0.2, 0.25) is 0 Å². The molecule has 0 aliphatic heterocycles. The molecule has 0 aromatic heterocycles. The van der Waals surface area contributed by atoms with Crippen LogP contribution in [0.3, 0.4) is 0 Å². The van der Waals surface area contributed by atoms with Gasteiger partial charge in [-0.15, -0.1) is 0 Å². The molecule has 0 saturated heterocycles. The Balaban J connectivity index is 1.45. The highest BCUT2D eigenvalue weighted by molar-refractivity contribution is 6.04. The molecule has 0 atom stereocenters. The number of carbonyl (C=O) groups is 3. The predicted octanol–water partition coefficient (Wildman–Crippen LogP) is 5.94. The number of nitrogens with one attached hydrogen (secondary N) is 2. The molecule has 0 heterocycles. The zero-order valence-electron chi connectivity index (χ0n) is 24.7. The molecule has 4 rings (SSSR count). The molecule has 0 spiro atoms. The summed E-state index contributed by atoms with van der Waals surface area (Å²) < 4.78 is 16.6. The van der Waals surface area contributed by atoms with E-state index in [-0.39, 0.29) is 34.0 Å². The largest absolute Gasteiger partial charge is 0.490 e. The van der Waals surface area contributed by atoms with Crippen LogP contribution >= 0.6 is 0 Å². The first kappa shape index (κ1) is 31.9. The topological polar surface area (TPSA) is 158 Å². The molecular weight excluding hydrogens is 580 g/mol. The Bertz CT molecular complexity index is 1750. The Kier molecular flexibility index (Phi) is 10.6.